The quantitative estimate of drug-likeness (QED) is 0.640. The van der Waals surface area contributed by atoms with Crippen LogP contribution in [0.5, 0.6) is 0 Å². The van der Waals surface area contributed by atoms with Gasteiger partial charge in [0.05, 0.1) is 0 Å². The number of anilines is 1. The Kier molecular flexibility index (Phi) is 1.63. The number of fused-ring (bicyclic) bond motifs is 3. The van der Waals surface area contributed by atoms with Gasteiger partial charge in [-0.15, -0.1) is 0 Å². The zero-order valence-electron chi connectivity index (χ0n) is 8.70. The summed E-state index contributed by atoms with van der Waals surface area (Å²) in [5, 5.41) is 0. The van der Waals surface area contributed by atoms with Crippen LogP contribution < -0.4 is 5.73 Å². The van der Waals surface area contributed by atoms with Crippen molar-refractivity contribution in [2.24, 2.45) is 0 Å². The van der Waals surface area contributed by atoms with Crippen LogP contribution in [0, 0.1) is 0 Å². The van der Waals surface area contributed by atoms with Crippen molar-refractivity contribution in [3.8, 4) is 11.1 Å². The normalized spacial score (nSPS) is 17.3. The van der Waals surface area contributed by atoms with Crippen molar-refractivity contribution in [3.05, 3.63) is 53.6 Å². The molecule has 3 rings (SSSR count). The van der Waals surface area contributed by atoms with Gasteiger partial charge in [-0.05, 0) is 34.4 Å². The highest BCUT2D eigenvalue weighted by molar-refractivity contribution is 5.80. The van der Waals surface area contributed by atoms with Gasteiger partial charge in [0.25, 0.3) is 0 Å². The molecule has 0 aliphatic heterocycles. The fraction of sp³-hybridized carbons (Fsp3) is 0.143. The molecule has 0 spiro atoms. The lowest BCUT2D eigenvalue weighted by atomic mass is 9.99. The highest BCUT2D eigenvalue weighted by Crippen LogP contribution is 2.44. The first kappa shape index (κ1) is 8.54. The highest BCUT2D eigenvalue weighted by atomic mass is 14.5. The molecular weight excluding hydrogens is 182 g/mol. The molecule has 0 unspecified atom stereocenters. The summed E-state index contributed by atoms with van der Waals surface area (Å²) in [4.78, 5) is 0. The molecule has 1 nitrogen and oxygen atoms in total. The number of hydrogen-bond acceptors (Lipinski definition) is 1. The maximum absolute atomic E-state index is 5.83. The van der Waals surface area contributed by atoms with Crippen LogP contribution in [0.2, 0.25) is 0 Å². The smallest absolute Gasteiger partial charge is 0.0317 e. The Morgan fingerprint density at radius 2 is 1.67 bits per heavy atom. The molecule has 0 radical (unpaired) electrons. The third-order valence-electron chi connectivity index (χ3n) is 3.26. The topological polar surface area (TPSA) is 26.0 Å². The zero-order valence-corrected chi connectivity index (χ0v) is 8.70. The van der Waals surface area contributed by atoms with E-state index in [1.54, 1.807) is 0 Å². The number of benzene rings is 2. The van der Waals surface area contributed by atoms with Gasteiger partial charge >= 0.3 is 0 Å². The van der Waals surface area contributed by atoms with E-state index in [4.69, 9.17) is 5.73 Å². The van der Waals surface area contributed by atoms with Crippen molar-refractivity contribution in [2.45, 2.75) is 12.8 Å². The van der Waals surface area contributed by atoms with Crippen LogP contribution >= 0.6 is 0 Å². The summed E-state index contributed by atoms with van der Waals surface area (Å²) in [5.74, 6) is 0.472. The molecule has 2 aromatic carbocycles. The minimum atomic E-state index is 0.472. The second-order valence-electron chi connectivity index (χ2n) is 4.16. The number of nitrogen functional groups attached to an aromatic ring is 1. The van der Waals surface area contributed by atoms with Crippen molar-refractivity contribution in [2.75, 3.05) is 5.73 Å². The summed E-state index contributed by atoms with van der Waals surface area (Å²) in [6.07, 6.45) is 0. The summed E-state index contributed by atoms with van der Waals surface area (Å²) >= 11 is 0. The van der Waals surface area contributed by atoms with Gasteiger partial charge in [-0.1, -0.05) is 37.3 Å². The predicted octanol–water partition coefficient (Wildman–Crippen LogP) is 3.40. The Morgan fingerprint density at radius 1 is 0.933 bits per heavy atom. The highest BCUT2D eigenvalue weighted by Gasteiger charge is 2.24. The Balaban J connectivity index is 2.32. The van der Waals surface area contributed by atoms with E-state index in [-0.39, 0.29) is 0 Å². The third-order valence-corrected chi connectivity index (χ3v) is 3.26. The predicted molar refractivity (Wildman–Crippen MR) is 63.8 cm³/mol. The Labute approximate surface area is 89.6 Å². The van der Waals surface area contributed by atoms with Crippen molar-refractivity contribution >= 4 is 5.69 Å². The van der Waals surface area contributed by atoms with Gasteiger partial charge in [0, 0.05) is 11.6 Å². The minimum absolute atomic E-state index is 0.472. The van der Waals surface area contributed by atoms with Crippen molar-refractivity contribution in [1.82, 2.24) is 0 Å². The molecule has 0 bridgehead atoms. The van der Waals surface area contributed by atoms with Crippen molar-refractivity contribution < 1.29 is 0 Å². The second kappa shape index (κ2) is 2.86. The first-order valence-electron chi connectivity index (χ1n) is 5.26. The van der Waals surface area contributed by atoms with Gasteiger partial charge in [0.2, 0.25) is 0 Å². The van der Waals surface area contributed by atoms with Gasteiger partial charge < -0.3 is 5.73 Å². The Morgan fingerprint density at radius 3 is 2.53 bits per heavy atom. The van der Waals surface area contributed by atoms with Gasteiger partial charge in [0.1, 0.15) is 0 Å². The molecule has 0 saturated carbocycles. The van der Waals surface area contributed by atoms with E-state index >= 15 is 0 Å². The first-order valence-corrected chi connectivity index (χ1v) is 5.26. The number of hydrogen-bond donors (Lipinski definition) is 1. The van der Waals surface area contributed by atoms with E-state index in [0.29, 0.717) is 5.92 Å². The lowest BCUT2D eigenvalue weighted by molar-refractivity contribution is 0.957. The van der Waals surface area contributed by atoms with Crippen molar-refractivity contribution in [1.29, 1.82) is 0 Å². The molecule has 1 heteroatoms. The summed E-state index contributed by atoms with van der Waals surface area (Å²) in [6.45, 7) is 2.24. The SMILES string of the molecule is C[C@H]1c2ccccc2-c2ccc(N)cc21. The van der Waals surface area contributed by atoms with E-state index in [2.05, 4.69) is 43.3 Å². The molecular formula is C14H13N. The zero-order chi connectivity index (χ0) is 10.4. The third kappa shape index (κ3) is 1.09. The van der Waals surface area contributed by atoms with Crippen LogP contribution in [0.4, 0.5) is 5.69 Å². The van der Waals surface area contributed by atoms with Gasteiger partial charge in [-0.2, -0.15) is 0 Å². The molecule has 1 aliphatic rings. The lowest BCUT2D eigenvalue weighted by Crippen LogP contribution is -1.91. The van der Waals surface area contributed by atoms with Gasteiger partial charge in [-0.3, -0.25) is 0 Å². The molecule has 2 N–H and O–H groups in total. The summed E-state index contributed by atoms with van der Waals surface area (Å²) in [5.41, 5.74) is 12.2. The van der Waals surface area contributed by atoms with Crippen LogP contribution in [0.1, 0.15) is 24.0 Å². The summed E-state index contributed by atoms with van der Waals surface area (Å²) in [7, 11) is 0. The monoisotopic (exact) mass is 195 g/mol. The molecule has 0 aromatic heterocycles. The fourth-order valence-electron chi connectivity index (χ4n) is 2.47. The van der Waals surface area contributed by atoms with E-state index in [0.717, 1.165) is 5.69 Å². The van der Waals surface area contributed by atoms with Crippen LogP contribution in [0.15, 0.2) is 42.5 Å². The van der Waals surface area contributed by atoms with Crippen LogP contribution in [0.25, 0.3) is 11.1 Å². The van der Waals surface area contributed by atoms with Crippen LogP contribution in [-0.2, 0) is 0 Å². The maximum Gasteiger partial charge on any atom is 0.0317 e. The molecule has 0 saturated heterocycles. The Hall–Kier alpha value is -1.76. The van der Waals surface area contributed by atoms with Gasteiger partial charge in [0.15, 0.2) is 0 Å². The number of nitrogens with two attached hydrogens (primary N) is 1. The molecule has 1 atom stereocenters. The van der Waals surface area contributed by atoms with Crippen LogP contribution in [0.3, 0.4) is 0 Å². The average molecular weight is 195 g/mol. The second-order valence-corrected chi connectivity index (χ2v) is 4.16. The molecule has 0 amide bonds. The lowest BCUT2D eigenvalue weighted by Gasteiger charge is -2.06. The Bertz CT molecular complexity index is 529. The number of rotatable bonds is 0. The largest absolute Gasteiger partial charge is 0.399 e. The molecule has 0 fully saturated rings. The van der Waals surface area contributed by atoms with E-state index in [1.807, 2.05) is 6.07 Å². The molecule has 2 aromatic rings. The summed E-state index contributed by atoms with van der Waals surface area (Å²) < 4.78 is 0. The van der Waals surface area contributed by atoms with Gasteiger partial charge in [-0.25, -0.2) is 0 Å². The minimum Gasteiger partial charge on any atom is -0.399 e. The maximum atomic E-state index is 5.83. The fourth-order valence-corrected chi connectivity index (χ4v) is 2.47. The molecule has 74 valence electrons. The summed E-state index contributed by atoms with van der Waals surface area (Å²) in [6, 6.07) is 14.8. The standard InChI is InChI=1S/C14H13N/c1-9-11-4-2-3-5-12(11)13-7-6-10(15)8-14(9)13/h2-9H,15H2,1H3/t9-/m0/s1. The van der Waals surface area contributed by atoms with E-state index in [1.165, 1.54) is 22.3 Å². The average Bonchev–Trinajstić information content (AvgIpc) is 2.54. The molecule has 15 heavy (non-hydrogen) atoms. The van der Waals surface area contributed by atoms with E-state index < -0.39 is 0 Å². The van der Waals surface area contributed by atoms with Crippen molar-refractivity contribution in [3.63, 3.8) is 0 Å². The van der Waals surface area contributed by atoms with Crippen LogP contribution in [-0.4, -0.2) is 0 Å². The van der Waals surface area contributed by atoms with E-state index in [9.17, 15) is 0 Å². The first-order chi connectivity index (χ1) is 7.27. The molecule has 0 heterocycles. The molecule has 1 aliphatic carbocycles.